The number of nitrogens with zero attached hydrogens (tertiary/aromatic N) is 1. The second-order valence-corrected chi connectivity index (χ2v) is 4.72. The van der Waals surface area contributed by atoms with Crippen LogP contribution in [0.4, 0.5) is 0 Å². The van der Waals surface area contributed by atoms with Crippen LogP contribution in [0, 0.1) is 0 Å². The second kappa shape index (κ2) is 6.39. The molecule has 0 aliphatic carbocycles. The topological polar surface area (TPSA) is 12.9 Å². The first-order valence-corrected chi connectivity index (χ1v) is 6.73. The number of aryl methyl sites for hydroxylation is 1. The zero-order chi connectivity index (χ0) is 11.9. The molecule has 0 bridgehead atoms. The predicted molar refractivity (Wildman–Crippen MR) is 74.2 cm³/mol. The van der Waals surface area contributed by atoms with Gasteiger partial charge in [-0.1, -0.05) is 50.8 Å². The van der Waals surface area contributed by atoms with E-state index in [4.69, 9.17) is 0 Å². The highest BCUT2D eigenvalue weighted by Crippen LogP contribution is 2.16. The van der Waals surface area contributed by atoms with E-state index in [2.05, 4.69) is 36.2 Å². The summed E-state index contributed by atoms with van der Waals surface area (Å²) in [6.07, 6.45) is 11.8. The monoisotopic (exact) mass is 227 g/mol. The number of rotatable bonds is 6. The first kappa shape index (κ1) is 12.1. The third-order valence-corrected chi connectivity index (χ3v) is 3.27. The summed E-state index contributed by atoms with van der Waals surface area (Å²) in [6, 6.07) is 8.82. The van der Waals surface area contributed by atoms with Crippen molar-refractivity contribution in [3.05, 3.63) is 42.2 Å². The van der Waals surface area contributed by atoms with Gasteiger partial charge in [0.1, 0.15) is 0 Å². The Morgan fingerprint density at radius 3 is 2.71 bits per heavy atom. The number of aromatic nitrogens is 1. The molecule has 0 atom stereocenters. The van der Waals surface area contributed by atoms with Crippen molar-refractivity contribution in [3.8, 4) is 0 Å². The summed E-state index contributed by atoms with van der Waals surface area (Å²) in [5.41, 5.74) is 1.46. The van der Waals surface area contributed by atoms with Crippen LogP contribution in [0.3, 0.4) is 0 Å². The van der Waals surface area contributed by atoms with E-state index in [0.29, 0.717) is 0 Å². The summed E-state index contributed by atoms with van der Waals surface area (Å²) < 4.78 is 0. The van der Waals surface area contributed by atoms with Gasteiger partial charge < -0.3 is 0 Å². The average Bonchev–Trinajstić information content (AvgIpc) is 2.38. The third-order valence-electron chi connectivity index (χ3n) is 3.27. The molecule has 0 N–H and O–H groups in total. The summed E-state index contributed by atoms with van der Waals surface area (Å²) in [5.74, 6) is 0. The van der Waals surface area contributed by atoms with E-state index in [1.165, 1.54) is 54.9 Å². The van der Waals surface area contributed by atoms with Crippen LogP contribution in [0.2, 0.25) is 0 Å². The number of pyridine rings is 1. The summed E-state index contributed by atoms with van der Waals surface area (Å²) >= 11 is 0. The van der Waals surface area contributed by atoms with Gasteiger partial charge in [-0.25, -0.2) is 0 Å². The van der Waals surface area contributed by atoms with E-state index < -0.39 is 0 Å². The molecule has 2 rings (SSSR count). The van der Waals surface area contributed by atoms with Crippen LogP contribution >= 0.6 is 0 Å². The molecule has 0 aliphatic heterocycles. The maximum atomic E-state index is 4.14. The lowest BCUT2D eigenvalue weighted by Crippen LogP contribution is -1.86. The molecule has 0 amide bonds. The molecule has 0 aliphatic rings. The Kier molecular flexibility index (Phi) is 4.54. The Balaban J connectivity index is 1.90. The first-order chi connectivity index (χ1) is 8.40. The summed E-state index contributed by atoms with van der Waals surface area (Å²) in [5, 5.41) is 2.55. The minimum Gasteiger partial charge on any atom is -0.264 e. The number of hydrogen-bond donors (Lipinski definition) is 0. The van der Waals surface area contributed by atoms with Crippen molar-refractivity contribution in [1.29, 1.82) is 0 Å². The molecule has 0 saturated heterocycles. The SMILES string of the molecule is CCCCCCCc1ccc2cnccc2c1. The van der Waals surface area contributed by atoms with Gasteiger partial charge in [0.15, 0.2) is 0 Å². The predicted octanol–water partition coefficient (Wildman–Crippen LogP) is 4.75. The molecule has 1 heteroatoms. The minimum absolute atomic E-state index is 1.21. The van der Waals surface area contributed by atoms with E-state index in [-0.39, 0.29) is 0 Å². The lowest BCUT2D eigenvalue weighted by molar-refractivity contribution is 0.632. The summed E-state index contributed by atoms with van der Waals surface area (Å²) in [6.45, 7) is 2.26. The van der Waals surface area contributed by atoms with E-state index >= 15 is 0 Å². The molecule has 1 nitrogen and oxygen atoms in total. The quantitative estimate of drug-likeness (QED) is 0.649. The van der Waals surface area contributed by atoms with Gasteiger partial charge in [0, 0.05) is 17.8 Å². The fourth-order valence-corrected chi connectivity index (χ4v) is 2.22. The molecular weight excluding hydrogens is 206 g/mol. The van der Waals surface area contributed by atoms with Gasteiger partial charge in [0.25, 0.3) is 0 Å². The van der Waals surface area contributed by atoms with Gasteiger partial charge in [-0.2, -0.15) is 0 Å². The Bertz CT molecular complexity index is 462. The molecule has 2 aromatic rings. The van der Waals surface area contributed by atoms with Crippen LogP contribution in [0.25, 0.3) is 10.8 Å². The minimum atomic E-state index is 1.21. The van der Waals surface area contributed by atoms with Crippen LogP contribution in [0.5, 0.6) is 0 Å². The van der Waals surface area contributed by atoms with Gasteiger partial charge in [-0.3, -0.25) is 4.98 Å². The summed E-state index contributed by atoms with van der Waals surface area (Å²) in [7, 11) is 0. The molecule has 17 heavy (non-hydrogen) atoms. The lowest BCUT2D eigenvalue weighted by atomic mass is 10.0. The Labute approximate surface area is 104 Å². The van der Waals surface area contributed by atoms with Gasteiger partial charge in [-0.15, -0.1) is 0 Å². The van der Waals surface area contributed by atoms with Gasteiger partial charge in [-0.05, 0) is 29.9 Å². The van der Waals surface area contributed by atoms with E-state index in [0.717, 1.165) is 0 Å². The Hall–Kier alpha value is -1.37. The van der Waals surface area contributed by atoms with Crippen molar-refractivity contribution in [2.24, 2.45) is 0 Å². The number of benzene rings is 1. The standard InChI is InChI=1S/C16H21N/c1-2-3-4-5-6-7-14-8-9-16-13-17-11-10-15(16)12-14/h8-13H,2-7H2,1H3. The molecule has 1 aromatic heterocycles. The van der Waals surface area contributed by atoms with Crippen LogP contribution in [-0.4, -0.2) is 4.98 Å². The molecule has 1 aromatic carbocycles. The van der Waals surface area contributed by atoms with E-state index in [9.17, 15) is 0 Å². The van der Waals surface area contributed by atoms with Crippen molar-refractivity contribution >= 4 is 10.8 Å². The molecule has 90 valence electrons. The lowest BCUT2D eigenvalue weighted by Gasteiger charge is -2.03. The van der Waals surface area contributed by atoms with Crippen LogP contribution < -0.4 is 0 Å². The van der Waals surface area contributed by atoms with Gasteiger partial charge in [0.05, 0.1) is 0 Å². The molecule has 0 fully saturated rings. The van der Waals surface area contributed by atoms with Crippen molar-refractivity contribution in [2.75, 3.05) is 0 Å². The van der Waals surface area contributed by atoms with Gasteiger partial charge in [0.2, 0.25) is 0 Å². The molecule has 0 spiro atoms. The maximum Gasteiger partial charge on any atom is 0.0346 e. The molecular formula is C16H21N. The van der Waals surface area contributed by atoms with Crippen LogP contribution in [0.15, 0.2) is 36.7 Å². The largest absolute Gasteiger partial charge is 0.264 e. The smallest absolute Gasteiger partial charge is 0.0346 e. The highest BCUT2D eigenvalue weighted by Gasteiger charge is 1.97. The molecule has 0 radical (unpaired) electrons. The highest BCUT2D eigenvalue weighted by atomic mass is 14.6. The number of fused-ring (bicyclic) bond motifs is 1. The average molecular weight is 227 g/mol. The summed E-state index contributed by atoms with van der Waals surface area (Å²) in [4.78, 5) is 4.14. The molecule has 1 heterocycles. The fourth-order valence-electron chi connectivity index (χ4n) is 2.22. The maximum absolute atomic E-state index is 4.14. The van der Waals surface area contributed by atoms with Crippen LogP contribution in [0.1, 0.15) is 44.6 Å². The Morgan fingerprint density at radius 1 is 0.941 bits per heavy atom. The molecule has 0 unspecified atom stereocenters. The second-order valence-electron chi connectivity index (χ2n) is 4.72. The highest BCUT2D eigenvalue weighted by molar-refractivity contribution is 5.81. The van der Waals surface area contributed by atoms with Crippen LogP contribution in [-0.2, 0) is 6.42 Å². The first-order valence-electron chi connectivity index (χ1n) is 6.73. The number of unbranched alkanes of at least 4 members (excludes halogenated alkanes) is 4. The molecule has 0 saturated carbocycles. The Morgan fingerprint density at radius 2 is 1.82 bits per heavy atom. The van der Waals surface area contributed by atoms with E-state index in [1.54, 1.807) is 0 Å². The van der Waals surface area contributed by atoms with Gasteiger partial charge >= 0.3 is 0 Å². The fraction of sp³-hybridized carbons (Fsp3) is 0.438. The van der Waals surface area contributed by atoms with E-state index in [1.807, 2.05) is 12.4 Å². The zero-order valence-corrected chi connectivity index (χ0v) is 10.7. The number of hydrogen-bond acceptors (Lipinski definition) is 1. The third kappa shape index (κ3) is 3.55. The van der Waals surface area contributed by atoms with Crippen molar-refractivity contribution in [3.63, 3.8) is 0 Å². The zero-order valence-electron chi connectivity index (χ0n) is 10.7. The normalized spacial score (nSPS) is 10.9. The van der Waals surface area contributed by atoms with Crippen molar-refractivity contribution in [1.82, 2.24) is 4.98 Å². The van der Waals surface area contributed by atoms with Crippen molar-refractivity contribution in [2.45, 2.75) is 45.4 Å². The van der Waals surface area contributed by atoms with Crippen molar-refractivity contribution < 1.29 is 0 Å².